The number of nitrogens with zero attached hydrogens (tertiary/aromatic N) is 3. The highest BCUT2D eigenvalue weighted by Crippen LogP contribution is 2.27. The number of hydrogen-bond donors (Lipinski definition) is 1. The maximum Gasteiger partial charge on any atom is 0.303 e. The molecule has 5 heteroatoms. The Morgan fingerprint density at radius 2 is 2.05 bits per heavy atom. The Hall–Kier alpha value is -2.17. The second-order valence-electron chi connectivity index (χ2n) is 5.53. The van der Waals surface area contributed by atoms with Crippen LogP contribution in [0, 0.1) is 0 Å². The second-order valence-corrected chi connectivity index (χ2v) is 5.53. The van der Waals surface area contributed by atoms with Crippen molar-refractivity contribution >= 4 is 5.97 Å². The van der Waals surface area contributed by atoms with Gasteiger partial charge in [0.15, 0.2) is 0 Å². The Labute approximate surface area is 123 Å². The average Bonchev–Trinajstić information content (AvgIpc) is 2.95. The molecule has 1 aliphatic rings. The number of carbonyl (C=O) groups is 1. The summed E-state index contributed by atoms with van der Waals surface area (Å²) >= 11 is 0. The van der Waals surface area contributed by atoms with Gasteiger partial charge in [0.25, 0.3) is 0 Å². The number of hydrogen-bond acceptors (Lipinski definition) is 3. The lowest BCUT2D eigenvalue weighted by molar-refractivity contribution is -0.137. The standard InChI is InChI=1S/C16H19N3O2/c20-16(21)6-3-9-19-15(11-17-18-19)14-8-7-12-4-1-2-5-13(12)10-14/h7-8,10-11H,1-6,9H2,(H,20,21). The van der Waals surface area contributed by atoms with Crippen LogP contribution in [0.4, 0.5) is 0 Å². The van der Waals surface area contributed by atoms with Crippen LogP contribution in [0.25, 0.3) is 11.3 Å². The second kappa shape index (κ2) is 6.08. The summed E-state index contributed by atoms with van der Waals surface area (Å²) in [4.78, 5) is 10.6. The lowest BCUT2D eigenvalue weighted by Gasteiger charge is -2.16. The van der Waals surface area contributed by atoms with Gasteiger partial charge in [-0.2, -0.15) is 0 Å². The van der Waals surface area contributed by atoms with Crippen molar-refractivity contribution in [2.75, 3.05) is 0 Å². The summed E-state index contributed by atoms with van der Waals surface area (Å²) in [5, 5.41) is 16.8. The van der Waals surface area contributed by atoms with Crippen molar-refractivity contribution in [3.63, 3.8) is 0 Å². The van der Waals surface area contributed by atoms with Crippen molar-refractivity contribution < 1.29 is 9.90 Å². The van der Waals surface area contributed by atoms with Gasteiger partial charge in [0.2, 0.25) is 0 Å². The summed E-state index contributed by atoms with van der Waals surface area (Å²) in [7, 11) is 0. The van der Waals surface area contributed by atoms with Crippen LogP contribution in [0.5, 0.6) is 0 Å². The van der Waals surface area contributed by atoms with Crippen molar-refractivity contribution in [1.29, 1.82) is 0 Å². The predicted molar refractivity (Wildman–Crippen MR) is 79.0 cm³/mol. The first-order chi connectivity index (χ1) is 10.2. The molecule has 110 valence electrons. The quantitative estimate of drug-likeness (QED) is 0.917. The zero-order valence-electron chi connectivity index (χ0n) is 12.0. The highest BCUT2D eigenvalue weighted by molar-refractivity contribution is 5.66. The van der Waals surface area contributed by atoms with Crippen LogP contribution < -0.4 is 0 Å². The van der Waals surface area contributed by atoms with Crippen LogP contribution in [0.1, 0.15) is 36.8 Å². The average molecular weight is 285 g/mol. The maximum atomic E-state index is 10.6. The molecule has 0 aliphatic heterocycles. The van der Waals surface area contributed by atoms with E-state index in [1.807, 2.05) is 0 Å². The Bertz CT molecular complexity index is 649. The van der Waals surface area contributed by atoms with Crippen LogP contribution in [-0.4, -0.2) is 26.1 Å². The lowest BCUT2D eigenvalue weighted by Crippen LogP contribution is -2.06. The van der Waals surface area contributed by atoms with E-state index in [9.17, 15) is 4.79 Å². The van der Waals surface area contributed by atoms with E-state index < -0.39 is 5.97 Å². The third-order valence-electron chi connectivity index (χ3n) is 4.02. The van der Waals surface area contributed by atoms with Gasteiger partial charge in [-0.05, 0) is 49.3 Å². The molecule has 1 heterocycles. The van der Waals surface area contributed by atoms with E-state index in [1.54, 1.807) is 10.9 Å². The molecule has 1 aromatic heterocycles. The van der Waals surface area contributed by atoms with E-state index in [2.05, 4.69) is 28.5 Å². The number of aryl methyl sites for hydroxylation is 3. The number of aliphatic carboxylic acids is 1. The van der Waals surface area contributed by atoms with Gasteiger partial charge < -0.3 is 5.11 Å². The molecule has 21 heavy (non-hydrogen) atoms. The summed E-state index contributed by atoms with van der Waals surface area (Å²) in [5.41, 5.74) is 4.97. The first-order valence-electron chi connectivity index (χ1n) is 7.46. The van der Waals surface area contributed by atoms with Crippen molar-refractivity contribution in [3.05, 3.63) is 35.5 Å². The molecule has 1 aromatic carbocycles. The predicted octanol–water partition coefficient (Wildman–Crippen LogP) is 2.69. The Balaban J connectivity index is 1.80. The van der Waals surface area contributed by atoms with Crippen molar-refractivity contribution in [3.8, 4) is 11.3 Å². The molecule has 0 saturated carbocycles. The summed E-state index contributed by atoms with van der Waals surface area (Å²) < 4.78 is 1.80. The summed E-state index contributed by atoms with van der Waals surface area (Å²) in [6, 6.07) is 6.57. The molecule has 0 atom stereocenters. The van der Waals surface area contributed by atoms with Crippen LogP contribution in [-0.2, 0) is 24.2 Å². The molecule has 0 fully saturated rings. The minimum absolute atomic E-state index is 0.156. The van der Waals surface area contributed by atoms with Gasteiger partial charge in [-0.15, -0.1) is 5.10 Å². The SMILES string of the molecule is O=C(O)CCCn1nncc1-c1ccc2c(c1)CCCC2. The van der Waals surface area contributed by atoms with E-state index in [0.29, 0.717) is 13.0 Å². The van der Waals surface area contributed by atoms with E-state index >= 15 is 0 Å². The van der Waals surface area contributed by atoms with Crippen LogP contribution in [0.2, 0.25) is 0 Å². The Morgan fingerprint density at radius 3 is 2.86 bits per heavy atom. The van der Waals surface area contributed by atoms with E-state index in [0.717, 1.165) is 17.7 Å². The maximum absolute atomic E-state index is 10.6. The molecule has 3 rings (SSSR count). The summed E-state index contributed by atoms with van der Waals surface area (Å²) in [6.45, 7) is 0.582. The third-order valence-corrected chi connectivity index (χ3v) is 4.02. The highest BCUT2D eigenvalue weighted by atomic mass is 16.4. The molecule has 0 saturated heterocycles. The molecule has 1 aliphatic carbocycles. The molecule has 0 bridgehead atoms. The minimum atomic E-state index is -0.773. The van der Waals surface area contributed by atoms with Gasteiger partial charge in [-0.1, -0.05) is 17.3 Å². The fraction of sp³-hybridized carbons (Fsp3) is 0.438. The highest BCUT2D eigenvalue weighted by Gasteiger charge is 2.13. The monoisotopic (exact) mass is 285 g/mol. The molecule has 0 amide bonds. The fourth-order valence-corrected chi connectivity index (χ4v) is 2.92. The first-order valence-corrected chi connectivity index (χ1v) is 7.46. The van der Waals surface area contributed by atoms with Gasteiger partial charge in [0.1, 0.15) is 0 Å². The van der Waals surface area contributed by atoms with Gasteiger partial charge in [-0.25, -0.2) is 4.68 Å². The molecule has 0 radical (unpaired) electrons. The van der Waals surface area contributed by atoms with Gasteiger partial charge in [0, 0.05) is 18.5 Å². The molecular weight excluding hydrogens is 266 g/mol. The summed E-state index contributed by atoms with van der Waals surface area (Å²) in [5.74, 6) is -0.773. The number of aromatic nitrogens is 3. The normalized spacial score (nSPS) is 13.9. The van der Waals surface area contributed by atoms with Crippen molar-refractivity contribution in [1.82, 2.24) is 15.0 Å². The molecule has 5 nitrogen and oxygen atoms in total. The smallest absolute Gasteiger partial charge is 0.303 e. The Kier molecular flexibility index (Phi) is 3.99. The first kappa shape index (κ1) is 13.8. The number of benzene rings is 1. The van der Waals surface area contributed by atoms with Crippen LogP contribution in [0.15, 0.2) is 24.4 Å². The van der Waals surface area contributed by atoms with Crippen molar-refractivity contribution in [2.24, 2.45) is 0 Å². The van der Waals surface area contributed by atoms with E-state index in [-0.39, 0.29) is 6.42 Å². The summed E-state index contributed by atoms with van der Waals surface area (Å²) in [6.07, 6.45) is 7.33. The molecule has 2 aromatic rings. The van der Waals surface area contributed by atoms with Gasteiger partial charge in [-0.3, -0.25) is 4.79 Å². The van der Waals surface area contributed by atoms with Crippen LogP contribution in [0.3, 0.4) is 0 Å². The minimum Gasteiger partial charge on any atom is -0.481 e. The zero-order chi connectivity index (χ0) is 14.7. The Morgan fingerprint density at radius 1 is 1.24 bits per heavy atom. The molecule has 1 N–H and O–H groups in total. The number of rotatable bonds is 5. The van der Waals surface area contributed by atoms with Gasteiger partial charge in [0.05, 0.1) is 11.9 Å². The molecule has 0 unspecified atom stereocenters. The van der Waals surface area contributed by atoms with E-state index in [1.165, 1.54) is 30.4 Å². The largest absolute Gasteiger partial charge is 0.481 e. The third kappa shape index (κ3) is 3.12. The lowest BCUT2D eigenvalue weighted by atomic mass is 9.90. The van der Waals surface area contributed by atoms with Gasteiger partial charge >= 0.3 is 5.97 Å². The number of fused-ring (bicyclic) bond motifs is 1. The number of carboxylic acids is 1. The van der Waals surface area contributed by atoms with E-state index in [4.69, 9.17) is 5.11 Å². The zero-order valence-corrected chi connectivity index (χ0v) is 12.0. The topological polar surface area (TPSA) is 68.0 Å². The number of carboxylic acid groups (broad SMARTS) is 1. The van der Waals surface area contributed by atoms with Crippen molar-refractivity contribution in [2.45, 2.75) is 45.1 Å². The molecule has 0 spiro atoms. The fourth-order valence-electron chi connectivity index (χ4n) is 2.92. The molecular formula is C16H19N3O2. The van der Waals surface area contributed by atoms with Crippen LogP contribution >= 0.6 is 0 Å².